The van der Waals surface area contributed by atoms with Crippen molar-refractivity contribution in [2.45, 2.75) is 20.8 Å². The normalized spacial score (nSPS) is 10.4. The van der Waals surface area contributed by atoms with E-state index in [0.717, 1.165) is 21.3 Å². The number of rotatable bonds is 1. The highest BCUT2D eigenvalue weighted by atomic mass is 16.3. The largest absolute Gasteiger partial charge is 0.493 e. The molecule has 0 radical (unpaired) electrons. The van der Waals surface area contributed by atoms with Gasteiger partial charge in [0.1, 0.15) is 11.6 Å². The molecule has 4 heteroatoms. The maximum atomic E-state index is 12.5. The first-order chi connectivity index (χ1) is 9.79. The lowest BCUT2D eigenvalue weighted by Crippen LogP contribution is -2.44. The van der Waals surface area contributed by atoms with Gasteiger partial charge in [-0.3, -0.25) is 4.79 Å². The number of pyridine rings is 1. The van der Waals surface area contributed by atoms with E-state index in [2.05, 4.69) is 13.2 Å². The lowest BCUT2D eigenvalue weighted by atomic mass is 10.0. The van der Waals surface area contributed by atoms with E-state index in [1.54, 1.807) is 0 Å². The second kappa shape index (κ2) is 4.95. The fourth-order valence-electron chi connectivity index (χ4n) is 2.61. The molecule has 1 N–H and O–H groups in total. The molecule has 2 aromatic rings. The number of nitriles is 1. The van der Waals surface area contributed by atoms with Crippen LogP contribution in [-0.4, -0.2) is 9.67 Å². The summed E-state index contributed by atoms with van der Waals surface area (Å²) < 4.78 is 1.14. The van der Waals surface area contributed by atoms with Gasteiger partial charge in [-0.05, 0) is 31.9 Å². The van der Waals surface area contributed by atoms with Gasteiger partial charge in [0.2, 0.25) is 5.88 Å². The Balaban J connectivity index is 3.07. The summed E-state index contributed by atoms with van der Waals surface area (Å²) in [6.45, 7) is 13.0. The van der Waals surface area contributed by atoms with Crippen LogP contribution in [0.1, 0.15) is 22.3 Å². The summed E-state index contributed by atoms with van der Waals surface area (Å²) in [6.07, 6.45) is 0. The molecule has 106 valence electrons. The fourth-order valence-corrected chi connectivity index (χ4v) is 2.61. The third-order valence-corrected chi connectivity index (χ3v) is 3.53. The highest BCUT2D eigenvalue weighted by molar-refractivity contribution is 5.54. The van der Waals surface area contributed by atoms with Crippen molar-refractivity contribution in [3.8, 4) is 17.6 Å². The van der Waals surface area contributed by atoms with Crippen LogP contribution in [0.2, 0.25) is 0 Å². The van der Waals surface area contributed by atoms with Gasteiger partial charge in [-0.25, -0.2) is 4.57 Å². The number of benzene rings is 1. The van der Waals surface area contributed by atoms with Gasteiger partial charge < -0.3 is 5.11 Å². The van der Waals surface area contributed by atoms with Gasteiger partial charge in [0, 0.05) is 10.4 Å². The maximum Gasteiger partial charge on any atom is 0.265 e. The molecule has 4 nitrogen and oxygen atoms in total. The van der Waals surface area contributed by atoms with Gasteiger partial charge in [-0.1, -0.05) is 30.9 Å². The summed E-state index contributed by atoms with van der Waals surface area (Å²) in [5.74, 6) is -0.394. The predicted molar refractivity (Wildman–Crippen MR) is 82.9 cm³/mol. The Bertz CT molecular complexity index is 924. The second-order valence-electron chi connectivity index (χ2n) is 5.16. The second-order valence-corrected chi connectivity index (χ2v) is 5.16. The van der Waals surface area contributed by atoms with Crippen molar-refractivity contribution in [2.24, 2.45) is 0 Å². The van der Waals surface area contributed by atoms with Gasteiger partial charge in [-0.2, -0.15) is 5.26 Å². The number of aromatic nitrogens is 1. The van der Waals surface area contributed by atoms with Gasteiger partial charge in [0.25, 0.3) is 5.56 Å². The molecule has 0 saturated heterocycles. The van der Waals surface area contributed by atoms with Gasteiger partial charge in [0.15, 0.2) is 0 Å². The van der Waals surface area contributed by atoms with E-state index >= 15 is 0 Å². The summed E-state index contributed by atoms with van der Waals surface area (Å²) >= 11 is 0. The van der Waals surface area contributed by atoms with Crippen LogP contribution in [0, 0.1) is 32.1 Å². The quantitative estimate of drug-likeness (QED) is 0.852. The zero-order chi connectivity index (χ0) is 15.9. The Kier molecular flexibility index (Phi) is 3.44. The summed E-state index contributed by atoms with van der Waals surface area (Å²) in [5.41, 5.74) is 2.82. The molecular weight excluding hydrogens is 264 g/mol. The molecule has 1 heterocycles. The van der Waals surface area contributed by atoms with Gasteiger partial charge >= 0.3 is 0 Å². The molecule has 21 heavy (non-hydrogen) atoms. The Hall–Kier alpha value is -2.80. The SMILES string of the molecule is C=c1c(C#N)c(O)n(-c2c(C)cc(C)cc2C)c(=O)c1=C. The monoisotopic (exact) mass is 280 g/mol. The van der Waals surface area contributed by atoms with Crippen molar-refractivity contribution in [3.63, 3.8) is 0 Å². The Labute approximate surface area is 122 Å². The van der Waals surface area contributed by atoms with E-state index in [9.17, 15) is 15.2 Å². The minimum absolute atomic E-state index is 0.0287. The van der Waals surface area contributed by atoms with E-state index in [1.807, 2.05) is 39.0 Å². The standard InChI is InChI=1S/C17H16N2O2/c1-9-6-10(2)15(11(3)7-9)19-16(20)13(5)12(4)14(8-18)17(19)21/h6-7,21H,4-5H2,1-3H3. The summed E-state index contributed by atoms with van der Waals surface area (Å²) in [4.78, 5) is 12.5. The molecule has 0 fully saturated rings. The summed E-state index contributed by atoms with van der Waals surface area (Å²) in [6, 6.07) is 5.72. The molecule has 0 spiro atoms. The molecule has 0 bridgehead atoms. The zero-order valence-corrected chi connectivity index (χ0v) is 12.3. The van der Waals surface area contributed by atoms with Crippen LogP contribution in [0.3, 0.4) is 0 Å². The van der Waals surface area contributed by atoms with Crippen molar-refractivity contribution >= 4 is 13.2 Å². The number of nitrogens with zero attached hydrogens (tertiary/aromatic N) is 2. The Morgan fingerprint density at radius 2 is 1.67 bits per heavy atom. The number of hydrogen-bond acceptors (Lipinski definition) is 3. The van der Waals surface area contributed by atoms with E-state index in [1.165, 1.54) is 0 Å². The molecule has 0 unspecified atom stereocenters. The van der Waals surface area contributed by atoms with Crippen LogP contribution in [-0.2, 0) is 0 Å². The average Bonchev–Trinajstić information content (AvgIpc) is 2.40. The number of aryl methyl sites for hydroxylation is 3. The molecule has 0 aliphatic rings. The minimum Gasteiger partial charge on any atom is -0.493 e. The lowest BCUT2D eigenvalue weighted by Gasteiger charge is -2.16. The van der Waals surface area contributed by atoms with Crippen molar-refractivity contribution in [1.82, 2.24) is 4.57 Å². The van der Waals surface area contributed by atoms with Crippen LogP contribution >= 0.6 is 0 Å². The molecule has 0 atom stereocenters. The van der Waals surface area contributed by atoms with Crippen LogP contribution in [0.25, 0.3) is 18.8 Å². The predicted octanol–water partition coefficient (Wildman–Crippen LogP) is 1.16. The van der Waals surface area contributed by atoms with E-state index in [4.69, 9.17) is 0 Å². The molecule has 2 rings (SSSR count). The molecule has 0 amide bonds. The third kappa shape index (κ3) is 2.13. The molecule has 1 aromatic carbocycles. The Morgan fingerprint density at radius 1 is 1.14 bits per heavy atom. The van der Waals surface area contributed by atoms with E-state index in [-0.39, 0.29) is 16.0 Å². The highest BCUT2D eigenvalue weighted by Crippen LogP contribution is 2.23. The van der Waals surface area contributed by atoms with Crippen molar-refractivity contribution in [2.75, 3.05) is 0 Å². The average molecular weight is 280 g/mol. The third-order valence-electron chi connectivity index (χ3n) is 3.53. The van der Waals surface area contributed by atoms with Crippen molar-refractivity contribution in [3.05, 3.63) is 55.2 Å². The summed E-state index contributed by atoms with van der Waals surface area (Å²) in [7, 11) is 0. The number of hydrogen-bond donors (Lipinski definition) is 1. The Morgan fingerprint density at radius 3 is 2.14 bits per heavy atom. The smallest absolute Gasteiger partial charge is 0.265 e. The molecular formula is C17H16N2O2. The molecule has 0 aliphatic carbocycles. The molecule has 1 aromatic heterocycles. The highest BCUT2D eigenvalue weighted by Gasteiger charge is 2.17. The summed E-state index contributed by atoms with van der Waals surface area (Å²) in [5, 5.41) is 19.8. The zero-order valence-electron chi connectivity index (χ0n) is 12.3. The fraction of sp³-hybridized carbons (Fsp3) is 0.176. The van der Waals surface area contributed by atoms with E-state index in [0.29, 0.717) is 5.69 Å². The first-order valence-corrected chi connectivity index (χ1v) is 6.43. The van der Waals surface area contributed by atoms with Crippen molar-refractivity contribution < 1.29 is 5.11 Å². The van der Waals surface area contributed by atoms with Crippen LogP contribution < -0.4 is 16.0 Å². The van der Waals surface area contributed by atoms with E-state index < -0.39 is 11.4 Å². The molecule has 0 aliphatic heterocycles. The topological polar surface area (TPSA) is 66.0 Å². The first kappa shape index (κ1) is 14.6. The lowest BCUT2D eigenvalue weighted by molar-refractivity contribution is 0.431. The number of aromatic hydroxyl groups is 1. The molecule has 0 saturated carbocycles. The van der Waals surface area contributed by atoms with Crippen LogP contribution in [0.5, 0.6) is 5.88 Å². The van der Waals surface area contributed by atoms with Crippen LogP contribution in [0.15, 0.2) is 16.9 Å². The van der Waals surface area contributed by atoms with Gasteiger partial charge in [0.05, 0.1) is 5.69 Å². The van der Waals surface area contributed by atoms with Gasteiger partial charge in [-0.15, -0.1) is 0 Å². The van der Waals surface area contributed by atoms with Crippen molar-refractivity contribution in [1.29, 1.82) is 5.26 Å². The first-order valence-electron chi connectivity index (χ1n) is 6.43. The maximum absolute atomic E-state index is 12.5. The minimum atomic E-state index is -0.466. The van der Waals surface area contributed by atoms with Crippen LogP contribution in [0.4, 0.5) is 0 Å².